The third-order valence-corrected chi connectivity index (χ3v) is 4.45. The number of para-hydroxylation sites is 1. The quantitative estimate of drug-likeness (QED) is 0.459. The van der Waals surface area contributed by atoms with Crippen LogP contribution >= 0.6 is 0 Å². The first-order valence-electron chi connectivity index (χ1n) is 9.29. The molecule has 1 aromatic carbocycles. The van der Waals surface area contributed by atoms with Crippen LogP contribution < -0.4 is 10.9 Å². The van der Waals surface area contributed by atoms with Gasteiger partial charge in [0.1, 0.15) is 5.70 Å². The van der Waals surface area contributed by atoms with Crippen LogP contribution in [-0.4, -0.2) is 33.2 Å². The molecule has 3 rings (SSSR count). The average molecular weight is 380 g/mol. The van der Waals surface area contributed by atoms with Crippen molar-refractivity contribution in [2.75, 3.05) is 6.54 Å². The number of allylic oxidation sites excluding steroid dienone is 1. The van der Waals surface area contributed by atoms with E-state index in [0.717, 1.165) is 22.6 Å². The smallest absolute Gasteiger partial charge is 0.303 e. The van der Waals surface area contributed by atoms with Crippen molar-refractivity contribution in [3.8, 4) is 5.69 Å². The molecule has 7 nitrogen and oxygen atoms in total. The number of carbonyl (C=O) groups excluding carboxylic acids is 2. The number of urea groups is 1. The van der Waals surface area contributed by atoms with Crippen molar-refractivity contribution in [1.29, 1.82) is 0 Å². The molecule has 2 aromatic rings. The van der Waals surface area contributed by atoms with Crippen LogP contribution in [0.3, 0.4) is 0 Å². The first-order valence-corrected chi connectivity index (χ1v) is 9.29. The Morgan fingerprint density at radius 3 is 2.46 bits per heavy atom. The Kier molecular flexibility index (Phi) is 5.63. The van der Waals surface area contributed by atoms with E-state index in [4.69, 9.17) is 0 Å². The van der Waals surface area contributed by atoms with Crippen LogP contribution in [0.4, 0.5) is 4.79 Å². The van der Waals surface area contributed by atoms with Crippen molar-refractivity contribution in [2.45, 2.75) is 33.6 Å². The SMILES string of the molecule is CCCc1[nH]n(-c2ccccc2)c(=O)c1/C=C1\NC(=O)N(CC=C(C)C)C1=O. The van der Waals surface area contributed by atoms with Crippen molar-refractivity contribution >= 4 is 18.0 Å². The Morgan fingerprint density at radius 1 is 1.11 bits per heavy atom. The first-order chi connectivity index (χ1) is 13.4. The zero-order chi connectivity index (χ0) is 20.3. The minimum atomic E-state index is -0.482. The van der Waals surface area contributed by atoms with Gasteiger partial charge in [0, 0.05) is 12.2 Å². The molecule has 7 heteroatoms. The molecule has 0 bridgehead atoms. The summed E-state index contributed by atoms with van der Waals surface area (Å²) in [5.74, 6) is -0.434. The lowest BCUT2D eigenvalue weighted by molar-refractivity contribution is -0.122. The number of hydrogen-bond donors (Lipinski definition) is 2. The number of H-pyrrole nitrogens is 1. The Balaban J connectivity index is 2.01. The Hall–Kier alpha value is -3.35. The predicted octanol–water partition coefficient (Wildman–Crippen LogP) is 2.98. The molecule has 0 aliphatic carbocycles. The van der Waals surface area contributed by atoms with Gasteiger partial charge in [-0.2, -0.15) is 0 Å². The summed E-state index contributed by atoms with van der Waals surface area (Å²) in [7, 11) is 0. The fraction of sp³-hybridized carbons (Fsp3) is 0.286. The fourth-order valence-corrected chi connectivity index (χ4v) is 3.00. The number of carbonyl (C=O) groups is 2. The molecule has 0 spiro atoms. The van der Waals surface area contributed by atoms with E-state index >= 15 is 0 Å². The van der Waals surface area contributed by atoms with E-state index < -0.39 is 11.9 Å². The van der Waals surface area contributed by atoms with E-state index in [1.54, 1.807) is 0 Å². The summed E-state index contributed by atoms with van der Waals surface area (Å²) in [4.78, 5) is 38.9. The molecule has 1 aliphatic rings. The van der Waals surface area contributed by atoms with Crippen molar-refractivity contribution in [3.05, 3.63) is 69.3 Å². The second-order valence-corrected chi connectivity index (χ2v) is 6.92. The van der Waals surface area contributed by atoms with Crippen molar-refractivity contribution in [2.24, 2.45) is 0 Å². The lowest BCUT2D eigenvalue weighted by Gasteiger charge is -2.08. The molecule has 0 unspecified atom stereocenters. The maximum absolute atomic E-state index is 13.0. The second-order valence-electron chi connectivity index (χ2n) is 6.92. The minimum Gasteiger partial charge on any atom is -0.303 e. The standard InChI is InChI=1S/C21H24N4O3/c1-4-8-17-16(19(26)25(23-17)15-9-6-5-7-10-15)13-18-20(27)24(21(28)22-18)12-11-14(2)3/h5-7,9-11,13,23H,4,8,12H2,1-3H3,(H,22,28)/b18-13-. The molecule has 0 saturated carbocycles. The van der Waals surface area contributed by atoms with Gasteiger partial charge >= 0.3 is 6.03 Å². The Morgan fingerprint density at radius 2 is 1.82 bits per heavy atom. The maximum Gasteiger partial charge on any atom is 0.329 e. The average Bonchev–Trinajstić information content (AvgIpc) is 3.12. The van der Waals surface area contributed by atoms with Gasteiger partial charge in [-0.25, -0.2) is 9.48 Å². The van der Waals surface area contributed by atoms with E-state index in [1.165, 1.54) is 10.8 Å². The Labute approximate surface area is 163 Å². The van der Waals surface area contributed by atoms with Gasteiger partial charge in [-0.05, 0) is 38.5 Å². The molecule has 2 heterocycles. The monoisotopic (exact) mass is 380 g/mol. The summed E-state index contributed by atoms with van der Waals surface area (Å²) in [6, 6.07) is 8.75. The number of rotatable bonds is 6. The zero-order valence-electron chi connectivity index (χ0n) is 16.3. The highest BCUT2D eigenvalue weighted by Crippen LogP contribution is 2.16. The van der Waals surface area contributed by atoms with Crippen molar-refractivity contribution in [3.63, 3.8) is 0 Å². The summed E-state index contributed by atoms with van der Waals surface area (Å²) in [5.41, 5.74) is 2.70. The van der Waals surface area contributed by atoms with Crippen LogP contribution in [0.1, 0.15) is 38.4 Å². The number of hydrogen-bond acceptors (Lipinski definition) is 3. The lowest BCUT2D eigenvalue weighted by Crippen LogP contribution is -2.31. The molecule has 2 N–H and O–H groups in total. The van der Waals surface area contributed by atoms with E-state index in [-0.39, 0.29) is 17.8 Å². The molecule has 1 saturated heterocycles. The maximum atomic E-state index is 13.0. The lowest BCUT2D eigenvalue weighted by atomic mass is 10.1. The summed E-state index contributed by atoms with van der Waals surface area (Å²) >= 11 is 0. The molecule has 1 aliphatic heterocycles. The third-order valence-electron chi connectivity index (χ3n) is 4.45. The summed E-state index contributed by atoms with van der Waals surface area (Å²) in [5, 5.41) is 5.71. The number of aryl methyl sites for hydroxylation is 1. The van der Waals surface area contributed by atoms with Gasteiger partial charge < -0.3 is 5.32 Å². The number of nitrogens with one attached hydrogen (secondary N) is 2. The molecule has 1 fully saturated rings. The van der Waals surface area contributed by atoms with E-state index in [9.17, 15) is 14.4 Å². The second kappa shape index (κ2) is 8.12. The molecular weight excluding hydrogens is 356 g/mol. The van der Waals surface area contributed by atoms with Crippen LogP contribution in [0, 0.1) is 0 Å². The number of imide groups is 1. The summed E-state index contributed by atoms with van der Waals surface area (Å²) in [6.07, 6.45) is 4.77. The zero-order valence-corrected chi connectivity index (χ0v) is 16.3. The predicted molar refractivity (Wildman–Crippen MR) is 108 cm³/mol. The summed E-state index contributed by atoms with van der Waals surface area (Å²) in [6.45, 7) is 6.02. The largest absolute Gasteiger partial charge is 0.329 e. The van der Waals surface area contributed by atoms with Crippen LogP contribution in [0.25, 0.3) is 11.8 Å². The van der Waals surface area contributed by atoms with Crippen molar-refractivity contribution in [1.82, 2.24) is 20.0 Å². The number of amides is 3. The van der Waals surface area contributed by atoms with Gasteiger partial charge in [-0.15, -0.1) is 0 Å². The van der Waals surface area contributed by atoms with Gasteiger partial charge in [0.05, 0.1) is 11.3 Å². The number of benzene rings is 1. The third kappa shape index (κ3) is 3.83. The van der Waals surface area contributed by atoms with Crippen molar-refractivity contribution < 1.29 is 9.59 Å². The number of nitrogens with zero attached hydrogens (tertiary/aromatic N) is 2. The van der Waals surface area contributed by atoms with Crippen LogP contribution in [-0.2, 0) is 11.2 Å². The van der Waals surface area contributed by atoms with Crippen LogP contribution in [0.15, 0.2) is 52.5 Å². The molecular formula is C21H24N4O3. The fourth-order valence-electron chi connectivity index (χ4n) is 3.00. The topological polar surface area (TPSA) is 87.2 Å². The highest BCUT2D eigenvalue weighted by Gasteiger charge is 2.33. The summed E-state index contributed by atoms with van der Waals surface area (Å²) < 4.78 is 1.46. The van der Waals surface area contributed by atoms with Gasteiger partial charge in [-0.3, -0.25) is 19.6 Å². The normalized spacial score (nSPS) is 15.2. The van der Waals surface area contributed by atoms with Crippen LogP contribution in [0.2, 0.25) is 0 Å². The molecule has 146 valence electrons. The van der Waals surface area contributed by atoms with Gasteiger partial charge in [0.2, 0.25) is 0 Å². The van der Waals surface area contributed by atoms with Gasteiger partial charge in [0.25, 0.3) is 11.5 Å². The first kappa shape index (κ1) is 19.4. The van der Waals surface area contributed by atoms with Gasteiger partial charge in [-0.1, -0.05) is 43.2 Å². The van der Waals surface area contributed by atoms with Gasteiger partial charge in [0.15, 0.2) is 0 Å². The van der Waals surface area contributed by atoms with E-state index in [2.05, 4.69) is 10.4 Å². The Bertz CT molecular complexity index is 1010. The number of aromatic nitrogens is 2. The molecule has 0 radical (unpaired) electrons. The molecule has 3 amide bonds. The highest BCUT2D eigenvalue weighted by atomic mass is 16.2. The number of aromatic amines is 1. The molecule has 1 aromatic heterocycles. The molecule has 0 atom stereocenters. The minimum absolute atomic E-state index is 0.112. The molecule has 28 heavy (non-hydrogen) atoms. The van der Waals surface area contributed by atoms with E-state index in [0.29, 0.717) is 17.7 Å². The van der Waals surface area contributed by atoms with Crippen LogP contribution in [0.5, 0.6) is 0 Å². The highest BCUT2D eigenvalue weighted by molar-refractivity contribution is 6.14. The van der Waals surface area contributed by atoms with E-state index in [1.807, 2.05) is 57.2 Å².